The Morgan fingerprint density at radius 3 is 2.47 bits per heavy atom. The Kier molecular flexibility index (Phi) is 6.07. The van der Waals surface area contributed by atoms with Crippen molar-refractivity contribution in [1.82, 2.24) is 9.78 Å². The van der Waals surface area contributed by atoms with Crippen LogP contribution in [0.1, 0.15) is 22.8 Å². The van der Waals surface area contributed by atoms with Crippen LogP contribution in [-0.4, -0.2) is 21.6 Å². The Morgan fingerprint density at radius 1 is 0.969 bits per heavy atom. The average molecular weight is 428 g/mol. The van der Waals surface area contributed by atoms with Gasteiger partial charge in [0.25, 0.3) is 5.91 Å². The molecule has 0 atom stereocenters. The van der Waals surface area contributed by atoms with Gasteiger partial charge in [0.2, 0.25) is 5.91 Å². The largest absolute Gasteiger partial charge is 0.326 e. The lowest BCUT2D eigenvalue weighted by molar-refractivity contribution is -0.114. The van der Waals surface area contributed by atoms with Crippen molar-refractivity contribution in [3.8, 4) is 11.1 Å². The zero-order valence-corrected chi connectivity index (χ0v) is 17.4. The third-order valence-electron chi connectivity index (χ3n) is 4.88. The fourth-order valence-corrected chi connectivity index (χ4v) is 3.40. The molecule has 4 aromatic rings. The summed E-state index contributed by atoms with van der Waals surface area (Å²) in [6.07, 6.45) is 3.63. The highest BCUT2D eigenvalue weighted by molar-refractivity contribution is 6.09. The van der Waals surface area contributed by atoms with E-state index in [2.05, 4.69) is 15.7 Å². The van der Waals surface area contributed by atoms with Gasteiger partial charge in [-0.2, -0.15) is 5.10 Å². The molecule has 32 heavy (non-hydrogen) atoms. The molecule has 0 saturated heterocycles. The number of nitrogens with one attached hydrogen (secondary N) is 2. The van der Waals surface area contributed by atoms with Crippen molar-refractivity contribution >= 4 is 23.2 Å². The van der Waals surface area contributed by atoms with Gasteiger partial charge in [0, 0.05) is 30.6 Å². The fraction of sp³-hybridized carbons (Fsp3) is 0.0800. The smallest absolute Gasteiger partial charge is 0.256 e. The summed E-state index contributed by atoms with van der Waals surface area (Å²) >= 11 is 0. The monoisotopic (exact) mass is 428 g/mol. The quantitative estimate of drug-likeness (QED) is 0.456. The molecule has 0 spiro atoms. The number of carbonyl (C=O) groups excluding carboxylic acids is 2. The van der Waals surface area contributed by atoms with Gasteiger partial charge in [-0.15, -0.1) is 0 Å². The predicted molar refractivity (Wildman–Crippen MR) is 122 cm³/mol. The number of amides is 2. The maximum atomic E-state index is 14.3. The van der Waals surface area contributed by atoms with E-state index in [1.54, 1.807) is 18.3 Å². The number of carbonyl (C=O) groups is 2. The molecule has 6 nitrogen and oxygen atoms in total. The Bertz CT molecular complexity index is 1250. The molecule has 160 valence electrons. The highest BCUT2D eigenvalue weighted by Crippen LogP contribution is 2.26. The summed E-state index contributed by atoms with van der Waals surface area (Å²) in [5.74, 6) is -1.32. The fourth-order valence-electron chi connectivity index (χ4n) is 3.40. The topological polar surface area (TPSA) is 76.0 Å². The third kappa shape index (κ3) is 4.89. The minimum atomic E-state index is -0.590. The molecule has 2 amide bonds. The third-order valence-corrected chi connectivity index (χ3v) is 4.88. The van der Waals surface area contributed by atoms with E-state index in [0.717, 1.165) is 16.7 Å². The first-order valence-electron chi connectivity index (χ1n) is 10.0. The van der Waals surface area contributed by atoms with Crippen LogP contribution in [-0.2, 0) is 11.3 Å². The normalized spacial score (nSPS) is 10.6. The summed E-state index contributed by atoms with van der Waals surface area (Å²) in [4.78, 5) is 24.3. The lowest BCUT2D eigenvalue weighted by Crippen LogP contribution is -2.15. The zero-order chi connectivity index (χ0) is 22.5. The number of rotatable bonds is 6. The highest BCUT2D eigenvalue weighted by atomic mass is 19.1. The second-order valence-corrected chi connectivity index (χ2v) is 7.28. The van der Waals surface area contributed by atoms with Gasteiger partial charge in [-0.3, -0.25) is 14.3 Å². The van der Waals surface area contributed by atoms with Crippen LogP contribution in [0.5, 0.6) is 0 Å². The second kappa shape index (κ2) is 9.26. The molecule has 0 unspecified atom stereocenters. The molecule has 7 heteroatoms. The summed E-state index contributed by atoms with van der Waals surface area (Å²) in [6.45, 7) is 2.01. The maximum absolute atomic E-state index is 14.3. The predicted octanol–water partition coefficient (Wildman–Crippen LogP) is 4.95. The van der Waals surface area contributed by atoms with E-state index in [1.165, 1.54) is 25.1 Å². The van der Waals surface area contributed by atoms with Crippen molar-refractivity contribution in [2.45, 2.75) is 13.5 Å². The molecule has 1 aromatic heterocycles. The van der Waals surface area contributed by atoms with E-state index in [9.17, 15) is 14.0 Å². The summed E-state index contributed by atoms with van der Waals surface area (Å²) in [5, 5.41) is 9.40. The molecular formula is C25H21FN4O2. The first-order chi connectivity index (χ1) is 15.5. The first kappa shape index (κ1) is 21.0. The van der Waals surface area contributed by atoms with Gasteiger partial charge < -0.3 is 10.6 Å². The zero-order valence-electron chi connectivity index (χ0n) is 17.4. The molecule has 3 aromatic carbocycles. The number of aromatic nitrogens is 2. The molecular weight excluding hydrogens is 407 g/mol. The lowest BCUT2D eigenvalue weighted by Gasteiger charge is -2.13. The minimum Gasteiger partial charge on any atom is -0.326 e. The second-order valence-electron chi connectivity index (χ2n) is 7.28. The van der Waals surface area contributed by atoms with Crippen LogP contribution in [0.15, 0.2) is 85.2 Å². The summed E-state index contributed by atoms with van der Waals surface area (Å²) < 4.78 is 16.1. The molecule has 0 bridgehead atoms. The Morgan fingerprint density at radius 2 is 1.75 bits per heavy atom. The van der Waals surface area contributed by atoms with Crippen LogP contribution in [0.2, 0.25) is 0 Å². The van der Waals surface area contributed by atoms with Crippen LogP contribution in [0.3, 0.4) is 0 Å². The van der Waals surface area contributed by atoms with Crippen molar-refractivity contribution in [2.24, 2.45) is 0 Å². The summed E-state index contributed by atoms with van der Waals surface area (Å²) in [6, 6.07) is 20.9. The van der Waals surface area contributed by atoms with E-state index in [1.807, 2.05) is 53.3 Å². The average Bonchev–Trinajstić information content (AvgIpc) is 3.29. The Balaban J connectivity index is 1.57. The van der Waals surface area contributed by atoms with Crippen molar-refractivity contribution in [3.63, 3.8) is 0 Å². The molecule has 2 N–H and O–H groups in total. The Hall–Kier alpha value is -4.26. The van der Waals surface area contributed by atoms with Crippen LogP contribution in [0.25, 0.3) is 11.1 Å². The van der Waals surface area contributed by atoms with Crippen LogP contribution < -0.4 is 10.6 Å². The number of nitrogens with zero attached hydrogens (tertiary/aromatic N) is 2. The van der Waals surface area contributed by atoms with Gasteiger partial charge in [-0.05, 0) is 47.0 Å². The number of anilines is 2. The molecule has 0 aliphatic heterocycles. The van der Waals surface area contributed by atoms with Gasteiger partial charge in [0.05, 0.1) is 12.2 Å². The van der Waals surface area contributed by atoms with E-state index in [0.29, 0.717) is 17.8 Å². The van der Waals surface area contributed by atoms with Crippen LogP contribution >= 0.6 is 0 Å². The SMILES string of the molecule is CC(=O)Nc1ccc(F)c(NC(=O)c2ccccc2-c2ccc(Cn3cccn3)cc2)c1. The molecule has 0 saturated carbocycles. The van der Waals surface area contributed by atoms with Crippen molar-refractivity contribution in [2.75, 3.05) is 10.6 Å². The van der Waals surface area contributed by atoms with Crippen molar-refractivity contribution in [3.05, 3.63) is 102 Å². The van der Waals surface area contributed by atoms with E-state index >= 15 is 0 Å². The van der Waals surface area contributed by atoms with Gasteiger partial charge >= 0.3 is 0 Å². The summed E-state index contributed by atoms with van der Waals surface area (Å²) in [7, 11) is 0. The summed E-state index contributed by atoms with van der Waals surface area (Å²) in [5.41, 5.74) is 3.48. The minimum absolute atomic E-state index is 0.00868. The van der Waals surface area contributed by atoms with Gasteiger partial charge in [0.15, 0.2) is 0 Å². The number of hydrogen-bond donors (Lipinski definition) is 2. The molecule has 0 aliphatic rings. The molecule has 0 fully saturated rings. The van der Waals surface area contributed by atoms with Gasteiger partial charge in [-0.1, -0.05) is 42.5 Å². The molecule has 4 rings (SSSR count). The standard InChI is InChI=1S/C25H21FN4O2/c1-17(31)28-20-11-12-23(26)24(15-20)29-25(32)22-6-3-2-5-21(22)19-9-7-18(8-10-19)16-30-14-4-13-27-30/h2-15H,16H2,1H3,(H,28,31)(H,29,32). The first-order valence-corrected chi connectivity index (χ1v) is 10.0. The van der Waals surface area contributed by atoms with E-state index < -0.39 is 11.7 Å². The maximum Gasteiger partial charge on any atom is 0.256 e. The van der Waals surface area contributed by atoms with Crippen LogP contribution in [0.4, 0.5) is 15.8 Å². The lowest BCUT2D eigenvalue weighted by atomic mass is 9.98. The van der Waals surface area contributed by atoms with Crippen molar-refractivity contribution in [1.29, 1.82) is 0 Å². The molecule has 1 heterocycles. The molecule has 0 radical (unpaired) electrons. The number of hydrogen-bond acceptors (Lipinski definition) is 3. The number of benzene rings is 3. The van der Waals surface area contributed by atoms with Gasteiger partial charge in [0.1, 0.15) is 5.82 Å². The highest BCUT2D eigenvalue weighted by Gasteiger charge is 2.15. The Labute approximate surface area is 184 Å². The number of halogens is 1. The molecule has 0 aliphatic carbocycles. The van der Waals surface area contributed by atoms with E-state index in [-0.39, 0.29) is 11.6 Å². The van der Waals surface area contributed by atoms with Crippen LogP contribution in [0, 0.1) is 5.82 Å². The van der Waals surface area contributed by atoms with Gasteiger partial charge in [-0.25, -0.2) is 4.39 Å². The van der Waals surface area contributed by atoms with E-state index in [4.69, 9.17) is 0 Å². The van der Waals surface area contributed by atoms with Crippen molar-refractivity contribution < 1.29 is 14.0 Å².